The van der Waals surface area contributed by atoms with Gasteiger partial charge in [-0.1, -0.05) is 24.3 Å². The van der Waals surface area contributed by atoms with Crippen molar-refractivity contribution in [2.24, 2.45) is 0 Å². The predicted octanol–water partition coefficient (Wildman–Crippen LogP) is 5.34. The highest BCUT2D eigenvalue weighted by Crippen LogP contribution is 2.32. The van der Waals surface area contributed by atoms with Gasteiger partial charge in [-0.05, 0) is 48.0 Å². The number of esters is 1. The van der Waals surface area contributed by atoms with E-state index < -0.39 is 10.9 Å². The summed E-state index contributed by atoms with van der Waals surface area (Å²) in [6, 6.07) is 19.6. The van der Waals surface area contributed by atoms with Gasteiger partial charge in [-0.2, -0.15) is 0 Å². The minimum Gasteiger partial charge on any atom is -0.503 e. The Hall–Kier alpha value is -4.33. The summed E-state index contributed by atoms with van der Waals surface area (Å²) in [7, 11) is 2.73. The van der Waals surface area contributed by atoms with Crippen LogP contribution in [0, 0.1) is 10.1 Å². The van der Waals surface area contributed by atoms with Gasteiger partial charge in [-0.3, -0.25) is 10.1 Å². The van der Waals surface area contributed by atoms with E-state index in [1.807, 2.05) is 0 Å². The maximum atomic E-state index is 12.0. The average Bonchev–Trinajstić information content (AvgIpc) is 2.78. The minimum absolute atomic E-state index is 0.120. The lowest BCUT2D eigenvalue weighted by atomic mass is 10.1. The van der Waals surface area contributed by atoms with E-state index in [1.54, 1.807) is 60.7 Å². The molecule has 0 heterocycles. The summed E-state index contributed by atoms with van der Waals surface area (Å²) in [6.07, 6.45) is 1.31. The summed E-state index contributed by atoms with van der Waals surface area (Å²) in [5.41, 5.74) is 0.705. The standard InChI is InChI=1S/C23H19NO7/c1-28-15-20(23(25)29-2)16-6-5-7-19(14-16)30-17-10-12-18(13-11-17)31-22-9-4-3-8-21(22)24(26)27/h3-15H,1-2H3. The van der Waals surface area contributed by atoms with E-state index >= 15 is 0 Å². The van der Waals surface area contributed by atoms with Gasteiger partial charge in [-0.15, -0.1) is 0 Å². The second kappa shape index (κ2) is 9.93. The van der Waals surface area contributed by atoms with Crippen molar-refractivity contribution in [1.82, 2.24) is 0 Å². The van der Waals surface area contributed by atoms with Crippen LogP contribution in [-0.4, -0.2) is 25.1 Å². The van der Waals surface area contributed by atoms with Gasteiger partial charge in [-0.25, -0.2) is 4.79 Å². The van der Waals surface area contributed by atoms with Crippen LogP contribution in [0.25, 0.3) is 5.57 Å². The molecule has 8 heteroatoms. The molecule has 0 aliphatic rings. The molecule has 0 unspecified atom stereocenters. The number of benzene rings is 3. The zero-order chi connectivity index (χ0) is 22.2. The highest BCUT2D eigenvalue weighted by Gasteiger charge is 2.15. The van der Waals surface area contributed by atoms with Crippen molar-refractivity contribution in [3.63, 3.8) is 0 Å². The molecule has 0 N–H and O–H groups in total. The summed E-state index contributed by atoms with van der Waals surface area (Å²) in [6.45, 7) is 0. The third kappa shape index (κ3) is 5.39. The molecule has 3 rings (SSSR count). The first-order chi connectivity index (χ1) is 15.0. The quantitative estimate of drug-likeness (QED) is 0.159. The molecule has 0 saturated carbocycles. The molecule has 3 aromatic rings. The van der Waals surface area contributed by atoms with Gasteiger partial charge in [0.25, 0.3) is 0 Å². The molecule has 0 saturated heterocycles. The maximum Gasteiger partial charge on any atom is 0.341 e. The highest BCUT2D eigenvalue weighted by molar-refractivity contribution is 6.16. The summed E-state index contributed by atoms with van der Waals surface area (Å²) in [5.74, 6) is 1.05. The lowest BCUT2D eigenvalue weighted by Gasteiger charge is -2.10. The molecular weight excluding hydrogens is 402 g/mol. The molecule has 0 aromatic heterocycles. The normalized spacial score (nSPS) is 10.8. The number of hydrogen-bond acceptors (Lipinski definition) is 7. The maximum absolute atomic E-state index is 12.0. The molecule has 0 aliphatic heterocycles. The minimum atomic E-state index is -0.532. The van der Waals surface area contributed by atoms with E-state index in [1.165, 1.54) is 32.6 Å². The van der Waals surface area contributed by atoms with Crippen LogP contribution in [0.1, 0.15) is 5.56 Å². The third-order valence-corrected chi connectivity index (χ3v) is 4.14. The highest BCUT2D eigenvalue weighted by atomic mass is 16.6. The molecule has 0 aliphatic carbocycles. The van der Waals surface area contributed by atoms with Crippen molar-refractivity contribution in [2.75, 3.05) is 14.2 Å². The molecule has 0 radical (unpaired) electrons. The number of rotatable bonds is 8. The lowest BCUT2D eigenvalue weighted by molar-refractivity contribution is -0.385. The molecule has 8 nitrogen and oxygen atoms in total. The summed E-state index contributed by atoms with van der Waals surface area (Å²) < 4.78 is 21.2. The second-order valence-corrected chi connectivity index (χ2v) is 6.19. The molecule has 0 bridgehead atoms. The van der Waals surface area contributed by atoms with Gasteiger partial charge in [0.05, 0.1) is 25.4 Å². The fraction of sp³-hybridized carbons (Fsp3) is 0.0870. The molecular formula is C23H19NO7. The second-order valence-electron chi connectivity index (χ2n) is 6.19. The predicted molar refractivity (Wildman–Crippen MR) is 113 cm³/mol. The first-order valence-electron chi connectivity index (χ1n) is 9.12. The summed E-state index contributed by atoms with van der Waals surface area (Å²) in [5, 5.41) is 11.1. The van der Waals surface area contributed by atoms with E-state index in [9.17, 15) is 14.9 Å². The third-order valence-electron chi connectivity index (χ3n) is 4.14. The Morgan fingerprint density at radius 1 is 0.871 bits per heavy atom. The number of ether oxygens (including phenoxy) is 4. The number of para-hydroxylation sites is 2. The van der Waals surface area contributed by atoms with Crippen LogP contribution >= 0.6 is 0 Å². The van der Waals surface area contributed by atoms with Gasteiger partial charge in [0.1, 0.15) is 22.8 Å². The van der Waals surface area contributed by atoms with E-state index in [-0.39, 0.29) is 17.0 Å². The molecule has 0 spiro atoms. The number of nitro benzene ring substituents is 1. The van der Waals surface area contributed by atoms with Crippen molar-refractivity contribution in [3.05, 3.63) is 94.7 Å². The Bertz CT molecular complexity index is 1110. The monoisotopic (exact) mass is 421 g/mol. The number of hydrogen-bond donors (Lipinski definition) is 0. The Labute approximate surface area is 178 Å². The van der Waals surface area contributed by atoms with Crippen LogP contribution in [0.15, 0.2) is 79.1 Å². The van der Waals surface area contributed by atoms with Gasteiger partial charge in [0.2, 0.25) is 5.75 Å². The SMILES string of the molecule is COC=C(C(=O)OC)c1cccc(Oc2ccc(Oc3ccccc3[N+](=O)[O-])cc2)c1. The Balaban J connectivity index is 1.76. The molecule has 3 aromatic carbocycles. The zero-order valence-electron chi connectivity index (χ0n) is 16.8. The van der Waals surface area contributed by atoms with Crippen LogP contribution in [0.3, 0.4) is 0 Å². The van der Waals surface area contributed by atoms with Gasteiger partial charge >= 0.3 is 11.7 Å². The number of methoxy groups -OCH3 is 2. The number of carbonyl (C=O) groups is 1. The fourth-order valence-electron chi connectivity index (χ4n) is 2.72. The topological polar surface area (TPSA) is 97.1 Å². The van der Waals surface area contributed by atoms with E-state index in [0.717, 1.165) is 0 Å². The Kier molecular flexibility index (Phi) is 6.85. The van der Waals surface area contributed by atoms with Gasteiger partial charge in [0, 0.05) is 6.07 Å². The molecule has 158 valence electrons. The van der Waals surface area contributed by atoms with Crippen molar-refractivity contribution in [2.45, 2.75) is 0 Å². The molecule has 0 amide bonds. The largest absolute Gasteiger partial charge is 0.503 e. The van der Waals surface area contributed by atoms with Crippen molar-refractivity contribution in [3.8, 4) is 23.0 Å². The summed E-state index contributed by atoms with van der Waals surface area (Å²) >= 11 is 0. The smallest absolute Gasteiger partial charge is 0.341 e. The average molecular weight is 421 g/mol. The van der Waals surface area contributed by atoms with Crippen molar-refractivity contribution >= 4 is 17.2 Å². The van der Waals surface area contributed by atoms with E-state index in [0.29, 0.717) is 22.8 Å². The molecule has 0 fully saturated rings. The van der Waals surface area contributed by atoms with E-state index in [2.05, 4.69) is 0 Å². The lowest BCUT2D eigenvalue weighted by Crippen LogP contribution is -2.04. The van der Waals surface area contributed by atoms with E-state index in [4.69, 9.17) is 18.9 Å². The van der Waals surface area contributed by atoms with Gasteiger partial charge in [0.15, 0.2) is 0 Å². The van der Waals surface area contributed by atoms with Crippen LogP contribution in [-0.2, 0) is 14.3 Å². The molecule has 0 atom stereocenters. The van der Waals surface area contributed by atoms with Crippen molar-refractivity contribution < 1.29 is 28.7 Å². The first-order valence-corrected chi connectivity index (χ1v) is 9.12. The van der Waals surface area contributed by atoms with Crippen LogP contribution in [0.5, 0.6) is 23.0 Å². The Morgan fingerprint density at radius 3 is 2.19 bits per heavy atom. The molecule has 31 heavy (non-hydrogen) atoms. The number of carbonyl (C=O) groups excluding carboxylic acids is 1. The fourth-order valence-corrected chi connectivity index (χ4v) is 2.72. The summed E-state index contributed by atoms with van der Waals surface area (Å²) in [4.78, 5) is 22.6. The van der Waals surface area contributed by atoms with Crippen LogP contribution in [0.2, 0.25) is 0 Å². The van der Waals surface area contributed by atoms with Crippen LogP contribution < -0.4 is 9.47 Å². The zero-order valence-corrected chi connectivity index (χ0v) is 16.8. The number of nitrogens with zero attached hydrogens (tertiary/aromatic N) is 1. The van der Waals surface area contributed by atoms with Crippen LogP contribution in [0.4, 0.5) is 5.69 Å². The van der Waals surface area contributed by atoms with Crippen molar-refractivity contribution in [1.29, 1.82) is 0 Å². The van der Waals surface area contributed by atoms with Gasteiger partial charge < -0.3 is 18.9 Å². The first kappa shape index (κ1) is 21.4. The number of nitro groups is 1. The Morgan fingerprint density at radius 2 is 1.55 bits per heavy atom.